The van der Waals surface area contributed by atoms with Crippen molar-refractivity contribution in [3.63, 3.8) is 0 Å². The van der Waals surface area contributed by atoms with E-state index in [1.54, 1.807) is 28.5 Å². The van der Waals surface area contributed by atoms with Crippen molar-refractivity contribution >= 4 is 28.2 Å². The number of hydrogen-bond acceptors (Lipinski definition) is 5. The first-order chi connectivity index (χ1) is 12.5. The van der Waals surface area contributed by atoms with E-state index in [1.165, 1.54) is 23.5 Å². The summed E-state index contributed by atoms with van der Waals surface area (Å²) in [5, 5.41) is 16.6. The molecule has 136 valence electrons. The fraction of sp³-hybridized carbons (Fsp3) is 0.278. The minimum atomic E-state index is -0.325. The first-order valence-corrected chi connectivity index (χ1v) is 8.90. The molecule has 0 fully saturated rings. The largest absolute Gasteiger partial charge is 0.351 e. The maximum absolute atomic E-state index is 12.9. The van der Waals surface area contributed by atoms with E-state index in [1.807, 2.05) is 13.0 Å². The lowest BCUT2D eigenvalue weighted by atomic mass is 10.2. The van der Waals surface area contributed by atoms with Crippen molar-refractivity contribution in [2.75, 3.05) is 25.0 Å². The van der Waals surface area contributed by atoms with Crippen LogP contribution in [0.1, 0.15) is 18.1 Å². The van der Waals surface area contributed by atoms with Gasteiger partial charge in [0.05, 0.1) is 18.7 Å². The molecule has 6 nitrogen and oxygen atoms in total. The summed E-state index contributed by atoms with van der Waals surface area (Å²) in [6, 6.07) is 9.54. The second-order valence-electron chi connectivity index (χ2n) is 5.53. The third-order valence-electron chi connectivity index (χ3n) is 3.62. The van der Waals surface area contributed by atoms with E-state index < -0.39 is 0 Å². The van der Waals surface area contributed by atoms with Crippen LogP contribution in [-0.2, 0) is 16.1 Å². The van der Waals surface area contributed by atoms with Gasteiger partial charge in [0.2, 0.25) is 11.8 Å². The first-order valence-electron chi connectivity index (χ1n) is 8.02. The Hall–Kier alpha value is -2.76. The molecule has 1 heterocycles. The van der Waals surface area contributed by atoms with Crippen molar-refractivity contribution in [2.45, 2.75) is 13.5 Å². The molecule has 0 aliphatic rings. The average molecular weight is 374 g/mol. The summed E-state index contributed by atoms with van der Waals surface area (Å²) in [5.74, 6) is -0.830. The highest BCUT2D eigenvalue weighted by atomic mass is 32.1. The third-order valence-corrected chi connectivity index (χ3v) is 4.45. The standard InChI is InChI=1S/C18H19FN4O2S/c1-2-23(12-17(25)22-18-14(9-20)7-8-26-18)11-16(24)21-10-13-3-5-15(19)6-4-13/h3-8H,2,10-12H2,1H3,(H,21,24)(H,22,25). The average Bonchev–Trinajstić information content (AvgIpc) is 3.07. The number of likely N-dealkylation sites (N-methyl/N-ethyl adjacent to an activating group) is 1. The van der Waals surface area contributed by atoms with Crippen LogP contribution in [0.2, 0.25) is 0 Å². The molecule has 0 unspecified atom stereocenters. The number of hydrogen-bond donors (Lipinski definition) is 2. The number of anilines is 1. The number of nitrogens with one attached hydrogen (secondary N) is 2. The third kappa shape index (κ3) is 5.95. The molecule has 26 heavy (non-hydrogen) atoms. The maximum Gasteiger partial charge on any atom is 0.239 e. The van der Waals surface area contributed by atoms with Gasteiger partial charge in [0, 0.05) is 6.54 Å². The van der Waals surface area contributed by atoms with Crippen molar-refractivity contribution in [3.8, 4) is 6.07 Å². The van der Waals surface area contributed by atoms with Gasteiger partial charge in [-0.25, -0.2) is 4.39 Å². The van der Waals surface area contributed by atoms with Crippen LogP contribution in [0, 0.1) is 17.1 Å². The van der Waals surface area contributed by atoms with Crippen LogP contribution < -0.4 is 10.6 Å². The number of amides is 2. The number of rotatable bonds is 8. The topological polar surface area (TPSA) is 85.2 Å². The second kappa shape index (κ2) is 9.65. The van der Waals surface area contributed by atoms with Crippen molar-refractivity contribution in [2.24, 2.45) is 0 Å². The SMILES string of the molecule is CCN(CC(=O)NCc1ccc(F)cc1)CC(=O)Nc1sccc1C#N. The van der Waals surface area contributed by atoms with E-state index in [9.17, 15) is 14.0 Å². The molecule has 2 amide bonds. The number of carbonyl (C=O) groups is 2. The molecule has 0 spiro atoms. The first kappa shape index (κ1) is 19.6. The van der Waals surface area contributed by atoms with Crippen LogP contribution in [0.4, 0.5) is 9.39 Å². The predicted octanol–water partition coefficient (Wildman–Crippen LogP) is 2.34. The number of nitrogens with zero attached hydrogens (tertiary/aromatic N) is 2. The van der Waals surface area contributed by atoms with Crippen molar-refractivity contribution in [3.05, 3.63) is 52.7 Å². The van der Waals surface area contributed by atoms with Gasteiger partial charge in [-0.1, -0.05) is 19.1 Å². The molecule has 0 aliphatic heterocycles. The van der Waals surface area contributed by atoms with Crippen molar-refractivity contribution in [1.82, 2.24) is 10.2 Å². The highest BCUT2D eigenvalue weighted by molar-refractivity contribution is 7.14. The minimum absolute atomic E-state index is 0.0449. The molecule has 8 heteroatoms. The molecule has 2 aromatic rings. The number of benzene rings is 1. The van der Waals surface area contributed by atoms with E-state index >= 15 is 0 Å². The van der Waals surface area contributed by atoms with Crippen molar-refractivity contribution < 1.29 is 14.0 Å². The maximum atomic E-state index is 12.9. The molecule has 0 saturated carbocycles. The molecule has 0 atom stereocenters. The predicted molar refractivity (Wildman–Crippen MR) is 98.0 cm³/mol. The van der Waals surface area contributed by atoms with Gasteiger partial charge >= 0.3 is 0 Å². The lowest BCUT2D eigenvalue weighted by molar-refractivity contribution is -0.123. The minimum Gasteiger partial charge on any atom is -0.351 e. The lowest BCUT2D eigenvalue weighted by Gasteiger charge is -2.19. The van der Waals surface area contributed by atoms with E-state index in [2.05, 4.69) is 10.6 Å². The summed E-state index contributed by atoms with van der Waals surface area (Å²) in [6.45, 7) is 2.78. The Morgan fingerprint density at radius 3 is 2.54 bits per heavy atom. The van der Waals surface area contributed by atoms with E-state index in [-0.39, 0.29) is 30.7 Å². The Morgan fingerprint density at radius 2 is 1.88 bits per heavy atom. The summed E-state index contributed by atoms with van der Waals surface area (Å²) < 4.78 is 12.9. The van der Waals surface area contributed by atoms with E-state index in [0.29, 0.717) is 23.7 Å². The van der Waals surface area contributed by atoms with Crippen LogP contribution in [0.25, 0.3) is 0 Å². The van der Waals surface area contributed by atoms with Gasteiger partial charge in [0.25, 0.3) is 0 Å². The van der Waals surface area contributed by atoms with Crippen LogP contribution in [0.5, 0.6) is 0 Å². The Labute approximate surface area is 155 Å². The monoisotopic (exact) mass is 374 g/mol. The van der Waals surface area contributed by atoms with Gasteiger partial charge in [0.1, 0.15) is 16.9 Å². The zero-order chi connectivity index (χ0) is 18.9. The van der Waals surface area contributed by atoms with E-state index in [0.717, 1.165) is 5.56 Å². The fourth-order valence-corrected chi connectivity index (χ4v) is 2.96. The summed E-state index contributed by atoms with van der Waals surface area (Å²) in [7, 11) is 0. The fourth-order valence-electron chi connectivity index (χ4n) is 2.20. The molecule has 0 saturated heterocycles. The summed E-state index contributed by atoms with van der Waals surface area (Å²) in [5.41, 5.74) is 1.21. The molecule has 0 bridgehead atoms. The number of carbonyl (C=O) groups excluding carboxylic acids is 2. The van der Waals surface area contributed by atoms with Crippen LogP contribution in [0.3, 0.4) is 0 Å². The van der Waals surface area contributed by atoms with Crippen LogP contribution >= 0.6 is 11.3 Å². The zero-order valence-corrected chi connectivity index (χ0v) is 15.1. The van der Waals surface area contributed by atoms with Gasteiger partial charge in [-0.3, -0.25) is 14.5 Å². The molecule has 2 rings (SSSR count). The van der Waals surface area contributed by atoms with Gasteiger partial charge in [0.15, 0.2) is 0 Å². The van der Waals surface area contributed by atoms with Gasteiger partial charge in [-0.2, -0.15) is 5.26 Å². The molecule has 0 aliphatic carbocycles. The van der Waals surface area contributed by atoms with Gasteiger partial charge in [-0.05, 0) is 35.7 Å². The Kier molecular flexibility index (Phi) is 7.26. The molecule has 1 aromatic carbocycles. The lowest BCUT2D eigenvalue weighted by Crippen LogP contribution is -2.40. The number of nitriles is 1. The Morgan fingerprint density at radius 1 is 1.19 bits per heavy atom. The molecule has 2 N–H and O–H groups in total. The normalized spacial score (nSPS) is 10.4. The van der Waals surface area contributed by atoms with Gasteiger partial charge in [-0.15, -0.1) is 11.3 Å². The highest BCUT2D eigenvalue weighted by Crippen LogP contribution is 2.21. The summed E-state index contributed by atoms with van der Waals surface area (Å²) >= 11 is 1.28. The van der Waals surface area contributed by atoms with Crippen molar-refractivity contribution in [1.29, 1.82) is 5.26 Å². The zero-order valence-electron chi connectivity index (χ0n) is 14.3. The molecular formula is C18H19FN4O2S. The van der Waals surface area contributed by atoms with E-state index in [4.69, 9.17) is 5.26 Å². The Balaban J connectivity index is 1.80. The highest BCUT2D eigenvalue weighted by Gasteiger charge is 2.15. The second-order valence-corrected chi connectivity index (χ2v) is 6.45. The summed E-state index contributed by atoms with van der Waals surface area (Å²) in [4.78, 5) is 25.9. The van der Waals surface area contributed by atoms with Gasteiger partial charge < -0.3 is 10.6 Å². The number of halogens is 1. The quantitative estimate of drug-likeness (QED) is 0.743. The number of thiophene rings is 1. The molecule has 0 radical (unpaired) electrons. The summed E-state index contributed by atoms with van der Waals surface area (Å²) in [6.07, 6.45) is 0. The van der Waals surface area contributed by atoms with Crippen LogP contribution in [-0.4, -0.2) is 36.3 Å². The Bertz CT molecular complexity index is 798. The molecule has 1 aromatic heterocycles. The smallest absolute Gasteiger partial charge is 0.239 e. The molecular weight excluding hydrogens is 355 g/mol. The van der Waals surface area contributed by atoms with Crippen LogP contribution in [0.15, 0.2) is 35.7 Å².